The van der Waals surface area contributed by atoms with Crippen molar-refractivity contribution in [2.75, 3.05) is 0 Å². The predicted molar refractivity (Wildman–Crippen MR) is 120 cm³/mol. The number of nitro groups is 1. The highest BCUT2D eigenvalue weighted by molar-refractivity contribution is 7.99. The van der Waals surface area contributed by atoms with Crippen molar-refractivity contribution in [1.82, 2.24) is 9.78 Å². The monoisotopic (exact) mass is 459 g/mol. The summed E-state index contributed by atoms with van der Waals surface area (Å²) < 4.78 is 7.43. The topological polar surface area (TPSA) is 87.3 Å². The molecule has 0 N–H and O–H groups in total. The Balaban J connectivity index is 2.02. The van der Waals surface area contributed by atoms with Crippen LogP contribution in [0.2, 0.25) is 5.02 Å². The Kier molecular flexibility index (Phi) is 6.43. The van der Waals surface area contributed by atoms with Crippen LogP contribution in [0.1, 0.15) is 42.4 Å². The number of nitrogens with zero attached hydrogens (tertiary/aromatic N) is 3. The summed E-state index contributed by atoms with van der Waals surface area (Å²) in [5.41, 5.74) is 0.673. The van der Waals surface area contributed by atoms with Gasteiger partial charge in [0.1, 0.15) is 0 Å². The van der Waals surface area contributed by atoms with Crippen molar-refractivity contribution in [2.24, 2.45) is 0 Å². The Morgan fingerprint density at radius 3 is 2.39 bits per heavy atom. The van der Waals surface area contributed by atoms with Crippen LogP contribution in [0.3, 0.4) is 0 Å². The zero-order chi connectivity index (χ0) is 22.9. The molecule has 0 saturated heterocycles. The first-order valence-corrected chi connectivity index (χ1v) is 10.7. The first-order valence-electron chi connectivity index (χ1n) is 9.48. The van der Waals surface area contributed by atoms with Crippen molar-refractivity contribution in [3.63, 3.8) is 0 Å². The molecule has 0 atom stereocenters. The molecular weight excluding hydrogens is 438 g/mol. The van der Waals surface area contributed by atoms with E-state index in [1.54, 1.807) is 23.7 Å². The molecule has 0 fully saturated rings. The average Bonchev–Trinajstić information content (AvgIpc) is 2.99. The second-order valence-electron chi connectivity index (χ2n) is 8.01. The summed E-state index contributed by atoms with van der Waals surface area (Å²) in [6.45, 7) is 9.30. The molecule has 3 aromatic rings. The maximum atomic E-state index is 12.9. The number of carbonyl (C=O) groups is 1. The Hall–Kier alpha value is -2.84. The minimum Gasteiger partial charge on any atom is -0.403 e. The summed E-state index contributed by atoms with van der Waals surface area (Å²) in [7, 11) is 0. The molecule has 0 amide bonds. The van der Waals surface area contributed by atoms with Crippen LogP contribution in [0.5, 0.6) is 5.88 Å². The molecule has 0 spiro atoms. The lowest BCUT2D eigenvalue weighted by Gasteiger charge is -2.22. The van der Waals surface area contributed by atoms with Crippen molar-refractivity contribution in [3.8, 4) is 5.88 Å². The molecule has 7 nitrogen and oxygen atoms in total. The molecule has 0 bridgehead atoms. The second kappa shape index (κ2) is 8.72. The van der Waals surface area contributed by atoms with Gasteiger partial charge in [0, 0.05) is 21.5 Å². The highest BCUT2D eigenvalue weighted by Gasteiger charge is 2.28. The standard InChI is InChI=1S/C22H22ClN3O4S/c1-13-6-7-15(12-18(13)26(28)29)21(27)30-20-19(14(2)24-25(20)22(3,4)5)31-17-10-8-16(23)9-11-17/h6-12H,1-5H3. The quantitative estimate of drug-likeness (QED) is 0.257. The van der Waals surface area contributed by atoms with Gasteiger partial charge < -0.3 is 4.74 Å². The number of aromatic nitrogens is 2. The predicted octanol–water partition coefficient (Wildman–Crippen LogP) is 6.19. The van der Waals surface area contributed by atoms with E-state index in [9.17, 15) is 14.9 Å². The number of nitro benzene ring substituents is 1. The summed E-state index contributed by atoms with van der Waals surface area (Å²) in [4.78, 5) is 25.3. The third-order valence-corrected chi connectivity index (χ3v) is 5.90. The number of esters is 1. The molecule has 31 heavy (non-hydrogen) atoms. The Morgan fingerprint density at radius 1 is 1.16 bits per heavy atom. The van der Waals surface area contributed by atoms with E-state index < -0.39 is 16.4 Å². The van der Waals surface area contributed by atoms with Crippen LogP contribution in [-0.2, 0) is 5.54 Å². The molecule has 1 aromatic heterocycles. The van der Waals surface area contributed by atoms with Gasteiger partial charge in [-0.15, -0.1) is 0 Å². The molecule has 3 rings (SSSR count). The highest BCUT2D eigenvalue weighted by Crippen LogP contribution is 2.40. The van der Waals surface area contributed by atoms with E-state index in [1.165, 1.54) is 30.0 Å². The fraction of sp³-hybridized carbons (Fsp3) is 0.273. The summed E-state index contributed by atoms with van der Waals surface area (Å²) in [6.07, 6.45) is 0. The van der Waals surface area contributed by atoms with E-state index in [2.05, 4.69) is 5.10 Å². The summed E-state index contributed by atoms with van der Waals surface area (Å²) in [5.74, 6) is -0.398. The number of ether oxygens (including phenoxy) is 1. The first-order chi connectivity index (χ1) is 14.5. The lowest BCUT2D eigenvalue weighted by atomic mass is 10.1. The van der Waals surface area contributed by atoms with E-state index in [-0.39, 0.29) is 17.1 Å². The number of aryl methyl sites for hydroxylation is 2. The summed E-state index contributed by atoms with van der Waals surface area (Å²) in [6, 6.07) is 11.6. The molecule has 0 radical (unpaired) electrons. The third kappa shape index (κ3) is 5.08. The number of halogens is 1. The number of carbonyl (C=O) groups excluding carboxylic acids is 1. The molecule has 9 heteroatoms. The largest absolute Gasteiger partial charge is 0.403 e. The van der Waals surface area contributed by atoms with Crippen molar-refractivity contribution >= 4 is 35.0 Å². The maximum Gasteiger partial charge on any atom is 0.345 e. The SMILES string of the molecule is Cc1ccc(C(=O)Oc2c(Sc3ccc(Cl)cc3)c(C)nn2C(C)(C)C)cc1[N+](=O)[O-]. The van der Waals surface area contributed by atoms with E-state index in [4.69, 9.17) is 16.3 Å². The van der Waals surface area contributed by atoms with Gasteiger partial charge in [-0.2, -0.15) is 5.10 Å². The molecule has 1 heterocycles. The average molecular weight is 460 g/mol. The normalized spacial score (nSPS) is 11.4. The second-order valence-corrected chi connectivity index (χ2v) is 9.53. The lowest BCUT2D eigenvalue weighted by Crippen LogP contribution is -2.25. The molecule has 0 aliphatic rings. The number of hydrogen-bond acceptors (Lipinski definition) is 6. The van der Waals surface area contributed by atoms with Gasteiger partial charge in [-0.05, 0) is 65.0 Å². The Bertz CT molecular complexity index is 1150. The maximum absolute atomic E-state index is 12.9. The fourth-order valence-electron chi connectivity index (χ4n) is 2.85. The third-order valence-electron chi connectivity index (χ3n) is 4.47. The van der Waals surface area contributed by atoms with Crippen LogP contribution >= 0.6 is 23.4 Å². The van der Waals surface area contributed by atoms with Gasteiger partial charge in [0.15, 0.2) is 0 Å². The van der Waals surface area contributed by atoms with Gasteiger partial charge in [-0.25, -0.2) is 9.48 Å². The van der Waals surface area contributed by atoms with Gasteiger partial charge in [-0.3, -0.25) is 10.1 Å². The number of rotatable bonds is 5. The smallest absolute Gasteiger partial charge is 0.345 e. The van der Waals surface area contributed by atoms with Gasteiger partial charge >= 0.3 is 5.97 Å². The lowest BCUT2D eigenvalue weighted by molar-refractivity contribution is -0.385. The Labute approximate surface area is 189 Å². The van der Waals surface area contributed by atoms with Gasteiger partial charge in [0.05, 0.1) is 26.6 Å². The first kappa shape index (κ1) is 22.8. The van der Waals surface area contributed by atoms with Crippen molar-refractivity contribution in [2.45, 2.75) is 49.9 Å². The molecule has 0 saturated carbocycles. The molecular formula is C22H22ClN3O4S. The molecule has 0 aliphatic carbocycles. The molecule has 0 aliphatic heterocycles. The van der Waals surface area contributed by atoms with E-state index in [0.29, 0.717) is 21.2 Å². The zero-order valence-corrected chi connectivity index (χ0v) is 19.4. The van der Waals surface area contributed by atoms with Crippen molar-refractivity contribution < 1.29 is 14.5 Å². The minimum atomic E-state index is -0.688. The number of hydrogen-bond donors (Lipinski definition) is 0. The van der Waals surface area contributed by atoms with Crippen LogP contribution < -0.4 is 4.74 Å². The van der Waals surface area contributed by atoms with Crippen LogP contribution in [0, 0.1) is 24.0 Å². The highest BCUT2D eigenvalue weighted by atomic mass is 35.5. The van der Waals surface area contributed by atoms with E-state index in [0.717, 1.165) is 4.90 Å². The summed E-state index contributed by atoms with van der Waals surface area (Å²) >= 11 is 7.39. The van der Waals surface area contributed by atoms with Gasteiger partial charge in [0.2, 0.25) is 5.88 Å². The van der Waals surface area contributed by atoms with Crippen LogP contribution in [0.15, 0.2) is 52.3 Å². The van der Waals surface area contributed by atoms with E-state index >= 15 is 0 Å². The Morgan fingerprint density at radius 2 is 1.81 bits per heavy atom. The molecule has 0 unspecified atom stereocenters. The van der Waals surface area contributed by atoms with Gasteiger partial charge in [-0.1, -0.05) is 29.4 Å². The summed E-state index contributed by atoms with van der Waals surface area (Å²) in [5, 5.41) is 16.5. The van der Waals surface area contributed by atoms with Crippen LogP contribution in [-0.4, -0.2) is 20.7 Å². The molecule has 2 aromatic carbocycles. The molecule has 162 valence electrons. The number of benzene rings is 2. The van der Waals surface area contributed by atoms with Gasteiger partial charge in [0.25, 0.3) is 5.69 Å². The van der Waals surface area contributed by atoms with E-state index in [1.807, 2.05) is 39.8 Å². The minimum absolute atomic E-state index is 0.0963. The van der Waals surface area contributed by atoms with Crippen molar-refractivity contribution in [3.05, 3.63) is 74.4 Å². The fourth-order valence-corrected chi connectivity index (χ4v) is 3.89. The van der Waals surface area contributed by atoms with Crippen LogP contribution in [0.4, 0.5) is 5.69 Å². The van der Waals surface area contributed by atoms with Crippen molar-refractivity contribution in [1.29, 1.82) is 0 Å². The van der Waals surface area contributed by atoms with Crippen LogP contribution in [0.25, 0.3) is 0 Å². The zero-order valence-electron chi connectivity index (χ0n) is 17.8.